The van der Waals surface area contributed by atoms with Gasteiger partial charge in [-0.3, -0.25) is 0 Å². The Hall–Kier alpha value is 0.210. The first-order valence-electron chi connectivity index (χ1n) is 2.57. The van der Waals surface area contributed by atoms with Crippen molar-refractivity contribution in [3.8, 4) is 0 Å². The van der Waals surface area contributed by atoms with Crippen LogP contribution in [0.3, 0.4) is 0 Å². The molecule has 8 heavy (non-hydrogen) atoms. The van der Waals surface area contributed by atoms with E-state index in [4.69, 9.17) is 10.5 Å². The summed E-state index contributed by atoms with van der Waals surface area (Å²) in [6, 6.07) is 0. The summed E-state index contributed by atoms with van der Waals surface area (Å²) in [6.45, 7) is 3.58. The average Bonchev–Trinajstić information content (AvgIpc) is 1.84. The van der Waals surface area contributed by atoms with Crippen molar-refractivity contribution in [2.24, 2.45) is 5.73 Å². The van der Waals surface area contributed by atoms with Crippen LogP contribution in [-0.4, -0.2) is 18.8 Å². The van der Waals surface area contributed by atoms with E-state index in [0.717, 1.165) is 19.6 Å². The summed E-state index contributed by atoms with van der Waals surface area (Å²) in [5.41, 5.74) is 5.62. The van der Waals surface area contributed by atoms with E-state index in [0.29, 0.717) is 0 Å². The lowest BCUT2D eigenvalue weighted by atomic mass is 10.0. The molecule has 0 aromatic rings. The third kappa shape index (κ3) is 1.99. The van der Waals surface area contributed by atoms with Crippen LogP contribution in [-0.2, 0) is 4.74 Å². The van der Waals surface area contributed by atoms with Crippen LogP contribution in [0.5, 0.6) is 0 Å². The maximum atomic E-state index is 5.65. The van der Waals surface area contributed by atoms with Crippen molar-refractivity contribution in [1.29, 1.82) is 0 Å². The minimum atomic E-state index is -0.0278. The zero-order valence-corrected chi connectivity index (χ0v) is 5.83. The normalized spacial score (nSPS) is 36.8. The molecular formula is C5H12ClNO. The first-order valence-corrected chi connectivity index (χ1v) is 2.57. The van der Waals surface area contributed by atoms with Gasteiger partial charge < -0.3 is 10.5 Å². The largest absolute Gasteiger partial charge is 0.379 e. The van der Waals surface area contributed by atoms with Gasteiger partial charge in [0.1, 0.15) is 0 Å². The van der Waals surface area contributed by atoms with Gasteiger partial charge in [0.25, 0.3) is 0 Å². The summed E-state index contributed by atoms with van der Waals surface area (Å²) in [5.74, 6) is 0. The lowest BCUT2D eigenvalue weighted by molar-refractivity contribution is 0.182. The Morgan fingerprint density at radius 2 is 2.25 bits per heavy atom. The minimum absolute atomic E-state index is 0. The van der Waals surface area contributed by atoms with Gasteiger partial charge in [-0.2, -0.15) is 0 Å². The molecule has 0 aromatic carbocycles. The molecule has 0 radical (unpaired) electrons. The molecule has 0 amide bonds. The zero-order chi connectivity index (χ0) is 5.33. The fourth-order valence-corrected chi connectivity index (χ4v) is 0.683. The van der Waals surface area contributed by atoms with Crippen LogP contribution in [0.15, 0.2) is 0 Å². The molecule has 1 rings (SSSR count). The molecular weight excluding hydrogens is 126 g/mol. The molecule has 2 nitrogen and oxygen atoms in total. The van der Waals surface area contributed by atoms with E-state index in [2.05, 4.69) is 0 Å². The molecule has 0 bridgehead atoms. The molecule has 1 heterocycles. The number of halogens is 1. The molecule has 50 valence electrons. The van der Waals surface area contributed by atoms with Crippen molar-refractivity contribution in [1.82, 2.24) is 0 Å². The van der Waals surface area contributed by atoms with Crippen LogP contribution >= 0.6 is 12.4 Å². The predicted molar refractivity (Wildman–Crippen MR) is 35.3 cm³/mol. The second-order valence-electron chi connectivity index (χ2n) is 2.46. The monoisotopic (exact) mass is 137 g/mol. The van der Waals surface area contributed by atoms with Crippen LogP contribution in [0.25, 0.3) is 0 Å². The van der Waals surface area contributed by atoms with Gasteiger partial charge in [0.15, 0.2) is 0 Å². The average molecular weight is 138 g/mol. The van der Waals surface area contributed by atoms with E-state index in [1.165, 1.54) is 0 Å². The van der Waals surface area contributed by atoms with Gasteiger partial charge in [0, 0.05) is 12.1 Å². The van der Waals surface area contributed by atoms with Crippen LogP contribution in [0, 0.1) is 0 Å². The van der Waals surface area contributed by atoms with E-state index in [1.54, 1.807) is 0 Å². The molecule has 0 aromatic heterocycles. The smallest absolute Gasteiger partial charge is 0.0644 e. The number of ether oxygens (including phenoxy) is 1. The van der Waals surface area contributed by atoms with Crippen molar-refractivity contribution in [3.05, 3.63) is 0 Å². The molecule has 1 atom stereocenters. The van der Waals surface area contributed by atoms with Gasteiger partial charge in [0.2, 0.25) is 0 Å². The van der Waals surface area contributed by atoms with Crippen molar-refractivity contribution in [2.45, 2.75) is 18.9 Å². The Balaban J connectivity index is 0.000000490. The first-order chi connectivity index (χ1) is 3.21. The van der Waals surface area contributed by atoms with Gasteiger partial charge in [-0.1, -0.05) is 0 Å². The molecule has 1 fully saturated rings. The Morgan fingerprint density at radius 1 is 1.62 bits per heavy atom. The molecule has 0 saturated carbocycles. The molecule has 2 N–H and O–H groups in total. The minimum Gasteiger partial charge on any atom is -0.379 e. The predicted octanol–water partition coefficient (Wildman–Crippen LogP) is 0.546. The van der Waals surface area contributed by atoms with Crippen LogP contribution in [0.4, 0.5) is 0 Å². The Morgan fingerprint density at radius 3 is 2.38 bits per heavy atom. The SMILES string of the molecule is CC1(N)CCOC1.Cl. The molecule has 0 aliphatic carbocycles. The lowest BCUT2D eigenvalue weighted by Crippen LogP contribution is -2.35. The molecule has 1 saturated heterocycles. The highest BCUT2D eigenvalue weighted by Crippen LogP contribution is 2.12. The number of hydrogen-bond acceptors (Lipinski definition) is 2. The van der Waals surface area contributed by atoms with Gasteiger partial charge in [-0.15, -0.1) is 12.4 Å². The quantitative estimate of drug-likeness (QED) is 0.529. The van der Waals surface area contributed by atoms with Crippen molar-refractivity contribution in [3.63, 3.8) is 0 Å². The Bertz CT molecular complexity index is 66.8. The fourth-order valence-electron chi connectivity index (χ4n) is 0.683. The first kappa shape index (κ1) is 8.21. The maximum Gasteiger partial charge on any atom is 0.0644 e. The third-order valence-electron chi connectivity index (χ3n) is 1.25. The fraction of sp³-hybridized carbons (Fsp3) is 1.00. The molecule has 0 spiro atoms. The van der Waals surface area contributed by atoms with Gasteiger partial charge in [0.05, 0.1) is 6.61 Å². The summed E-state index contributed by atoms with van der Waals surface area (Å²) in [4.78, 5) is 0. The highest BCUT2D eigenvalue weighted by Gasteiger charge is 2.23. The van der Waals surface area contributed by atoms with E-state index in [1.807, 2.05) is 6.92 Å². The van der Waals surface area contributed by atoms with Gasteiger partial charge in [-0.25, -0.2) is 0 Å². The number of nitrogens with two attached hydrogens (primary N) is 1. The highest BCUT2D eigenvalue weighted by atomic mass is 35.5. The molecule has 3 heteroatoms. The number of rotatable bonds is 0. The summed E-state index contributed by atoms with van der Waals surface area (Å²) in [7, 11) is 0. The molecule has 1 aliphatic rings. The van der Waals surface area contributed by atoms with E-state index in [-0.39, 0.29) is 17.9 Å². The lowest BCUT2D eigenvalue weighted by Gasteiger charge is -2.11. The second kappa shape index (κ2) is 2.67. The summed E-state index contributed by atoms with van der Waals surface area (Å²) >= 11 is 0. The van der Waals surface area contributed by atoms with Crippen LogP contribution < -0.4 is 5.73 Å². The van der Waals surface area contributed by atoms with E-state index < -0.39 is 0 Å². The van der Waals surface area contributed by atoms with Crippen LogP contribution in [0.2, 0.25) is 0 Å². The van der Waals surface area contributed by atoms with Crippen molar-refractivity contribution in [2.75, 3.05) is 13.2 Å². The van der Waals surface area contributed by atoms with Gasteiger partial charge >= 0.3 is 0 Å². The highest BCUT2D eigenvalue weighted by molar-refractivity contribution is 5.85. The Labute approximate surface area is 55.8 Å². The second-order valence-corrected chi connectivity index (χ2v) is 2.46. The molecule has 1 unspecified atom stereocenters. The number of hydrogen-bond donors (Lipinski definition) is 1. The standard InChI is InChI=1S/C5H11NO.ClH/c1-5(6)2-3-7-4-5;/h2-4,6H2,1H3;1H. The topological polar surface area (TPSA) is 35.2 Å². The third-order valence-corrected chi connectivity index (χ3v) is 1.25. The summed E-state index contributed by atoms with van der Waals surface area (Å²) < 4.78 is 5.03. The van der Waals surface area contributed by atoms with E-state index >= 15 is 0 Å². The van der Waals surface area contributed by atoms with E-state index in [9.17, 15) is 0 Å². The van der Waals surface area contributed by atoms with Gasteiger partial charge in [-0.05, 0) is 13.3 Å². The molecule has 1 aliphatic heterocycles. The summed E-state index contributed by atoms with van der Waals surface area (Å²) in [5, 5.41) is 0. The van der Waals surface area contributed by atoms with Crippen molar-refractivity contribution < 1.29 is 4.74 Å². The van der Waals surface area contributed by atoms with Crippen molar-refractivity contribution >= 4 is 12.4 Å². The zero-order valence-electron chi connectivity index (χ0n) is 5.02. The van der Waals surface area contributed by atoms with Crippen LogP contribution in [0.1, 0.15) is 13.3 Å². The summed E-state index contributed by atoms with van der Waals surface area (Å²) in [6.07, 6.45) is 1.01. The Kier molecular flexibility index (Phi) is 2.74. The maximum absolute atomic E-state index is 5.65.